The van der Waals surface area contributed by atoms with Crippen molar-refractivity contribution in [2.75, 3.05) is 6.54 Å². The summed E-state index contributed by atoms with van der Waals surface area (Å²) >= 11 is 6.14. The zero-order valence-electron chi connectivity index (χ0n) is 11.5. The molecule has 19 heavy (non-hydrogen) atoms. The van der Waals surface area contributed by atoms with Crippen molar-refractivity contribution in [3.05, 3.63) is 47.0 Å². The zero-order valence-corrected chi connectivity index (χ0v) is 12.2. The van der Waals surface area contributed by atoms with Gasteiger partial charge in [0.15, 0.2) is 0 Å². The molecule has 0 saturated carbocycles. The summed E-state index contributed by atoms with van der Waals surface area (Å²) in [5.74, 6) is 1.09. The standard InChI is InChI=1S/C15H20ClN3/c1-3-5-15-18-8-9-19(15)14-10-13(16)7-6-12(14)11-17-4-2/h6-10,17H,3-5,11H2,1-2H3. The first-order chi connectivity index (χ1) is 9.26. The second-order valence-electron chi connectivity index (χ2n) is 4.52. The van der Waals surface area contributed by atoms with Gasteiger partial charge in [0, 0.05) is 30.4 Å². The van der Waals surface area contributed by atoms with Gasteiger partial charge in [-0.25, -0.2) is 4.98 Å². The maximum Gasteiger partial charge on any atom is 0.113 e. The molecule has 0 amide bonds. The minimum Gasteiger partial charge on any atom is -0.313 e. The Bertz CT molecular complexity index is 534. The monoisotopic (exact) mass is 277 g/mol. The number of hydrogen-bond acceptors (Lipinski definition) is 2. The van der Waals surface area contributed by atoms with Crippen LogP contribution in [0.4, 0.5) is 0 Å². The van der Waals surface area contributed by atoms with E-state index in [0.29, 0.717) is 0 Å². The van der Waals surface area contributed by atoms with Crippen LogP contribution in [0.15, 0.2) is 30.6 Å². The summed E-state index contributed by atoms with van der Waals surface area (Å²) in [6, 6.07) is 6.03. The van der Waals surface area contributed by atoms with Crippen LogP contribution in [0.1, 0.15) is 31.7 Å². The SMILES string of the molecule is CCCc1nccn1-c1cc(Cl)ccc1CNCC. The Morgan fingerprint density at radius 1 is 1.32 bits per heavy atom. The van der Waals surface area contributed by atoms with E-state index in [1.165, 1.54) is 5.56 Å². The van der Waals surface area contributed by atoms with Crippen molar-refractivity contribution < 1.29 is 0 Å². The number of halogens is 1. The van der Waals surface area contributed by atoms with E-state index < -0.39 is 0 Å². The van der Waals surface area contributed by atoms with Crippen LogP contribution < -0.4 is 5.32 Å². The molecule has 0 bridgehead atoms. The molecule has 1 aromatic heterocycles. The number of aryl methyl sites for hydroxylation is 1. The third kappa shape index (κ3) is 3.37. The van der Waals surface area contributed by atoms with Gasteiger partial charge < -0.3 is 9.88 Å². The molecule has 0 aliphatic heterocycles. The number of aromatic nitrogens is 2. The smallest absolute Gasteiger partial charge is 0.113 e. The molecule has 0 aliphatic carbocycles. The molecular weight excluding hydrogens is 258 g/mol. The molecular formula is C15H20ClN3. The maximum absolute atomic E-state index is 6.14. The second-order valence-corrected chi connectivity index (χ2v) is 4.95. The van der Waals surface area contributed by atoms with E-state index in [1.54, 1.807) is 0 Å². The van der Waals surface area contributed by atoms with Crippen molar-refractivity contribution in [3.63, 3.8) is 0 Å². The second kappa shape index (κ2) is 6.73. The normalized spacial score (nSPS) is 10.9. The van der Waals surface area contributed by atoms with E-state index in [2.05, 4.69) is 34.8 Å². The van der Waals surface area contributed by atoms with E-state index in [4.69, 9.17) is 11.6 Å². The van der Waals surface area contributed by atoms with E-state index in [-0.39, 0.29) is 0 Å². The summed E-state index contributed by atoms with van der Waals surface area (Å²) in [7, 11) is 0. The molecule has 0 radical (unpaired) electrons. The summed E-state index contributed by atoms with van der Waals surface area (Å²) < 4.78 is 2.14. The van der Waals surface area contributed by atoms with Crippen LogP contribution in [0.25, 0.3) is 5.69 Å². The average molecular weight is 278 g/mol. The number of rotatable bonds is 6. The number of imidazole rings is 1. The van der Waals surface area contributed by atoms with Crippen molar-refractivity contribution in [3.8, 4) is 5.69 Å². The van der Waals surface area contributed by atoms with Crippen LogP contribution >= 0.6 is 11.6 Å². The predicted molar refractivity (Wildman–Crippen MR) is 79.9 cm³/mol. The summed E-state index contributed by atoms with van der Waals surface area (Å²) in [4.78, 5) is 4.43. The van der Waals surface area contributed by atoms with Gasteiger partial charge in [-0.3, -0.25) is 0 Å². The lowest BCUT2D eigenvalue weighted by molar-refractivity contribution is 0.718. The maximum atomic E-state index is 6.14. The molecule has 3 nitrogen and oxygen atoms in total. The third-order valence-corrected chi connectivity index (χ3v) is 3.30. The first-order valence-corrected chi connectivity index (χ1v) is 7.15. The van der Waals surface area contributed by atoms with E-state index in [9.17, 15) is 0 Å². The van der Waals surface area contributed by atoms with Crippen LogP contribution in [-0.4, -0.2) is 16.1 Å². The van der Waals surface area contributed by atoms with Crippen molar-refractivity contribution in [2.45, 2.75) is 33.2 Å². The van der Waals surface area contributed by atoms with E-state index in [0.717, 1.165) is 42.5 Å². The van der Waals surface area contributed by atoms with Crippen LogP contribution in [0.2, 0.25) is 5.02 Å². The van der Waals surface area contributed by atoms with Gasteiger partial charge >= 0.3 is 0 Å². The van der Waals surface area contributed by atoms with E-state index >= 15 is 0 Å². The fourth-order valence-electron chi connectivity index (χ4n) is 2.13. The molecule has 1 N–H and O–H groups in total. The third-order valence-electron chi connectivity index (χ3n) is 3.06. The summed E-state index contributed by atoms with van der Waals surface area (Å²) in [5, 5.41) is 4.12. The predicted octanol–water partition coefficient (Wildman–Crippen LogP) is 3.59. The summed E-state index contributed by atoms with van der Waals surface area (Å²) in [6.45, 7) is 6.06. The molecule has 1 aromatic carbocycles. The summed E-state index contributed by atoms with van der Waals surface area (Å²) in [6.07, 6.45) is 5.91. The number of benzene rings is 1. The van der Waals surface area contributed by atoms with Crippen molar-refractivity contribution in [1.29, 1.82) is 0 Å². The quantitative estimate of drug-likeness (QED) is 0.874. The highest BCUT2D eigenvalue weighted by molar-refractivity contribution is 6.30. The van der Waals surface area contributed by atoms with Crippen LogP contribution in [0.3, 0.4) is 0 Å². The minimum absolute atomic E-state index is 0.756. The number of nitrogens with one attached hydrogen (secondary N) is 1. The molecule has 0 saturated heterocycles. The van der Waals surface area contributed by atoms with Gasteiger partial charge in [-0.15, -0.1) is 0 Å². The molecule has 2 rings (SSSR count). The van der Waals surface area contributed by atoms with Crippen molar-refractivity contribution in [1.82, 2.24) is 14.9 Å². The largest absolute Gasteiger partial charge is 0.313 e. The Morgan fingerprint density at radius 3 is 2.89 bits per heavy atom. The zero-order chi connectivity index (χ0) is 13.7. The van der Waals surface area contributed by atoms with Gasteiger partial charge in [0.25, 0.3) is 0 Å². The highest BCUT2D eigenvalue weighted by Gasteiger charge is 2.09. The number of nitrogens with zero attached hydrogens (tertiary/aromatic N) is 2. The van der Waals surface area contributed by atoms with Gasteiger partial charge in [-0.1, -0.05) is 31.5 Å². The Kier molecular flexibility index (Phi) is 5.00. The molecule has 4 heteroatoms. The van der Waals surface area contributed by atoms with Crippen LogP contribution in [0, 0.1) is 0 Å². The molecule has 1 heterocycles. The van der Waals surface area contributed by atoms with E-state index in [1.807, 2.05) is 24.5 Å². The lowest BCUT2D eigenvalue weighted by Crippen LogP contribution is -2.14. The Balaban J connectivity index is 2.40. The Hall–Kier alpha value is -1.32. The van der Waals surface area contributed by atoms with Crippen LogP contribution in [0.5, 0.6) is 0 Å². The van der Waals surface area contributed by atoms with Gasteiger partial charge in [0.1, 0.15) is 5.82 Å². The average Bonchev–Trinajstić information content (AvgIpc) is 2.86. The molecule has 0 fully saturated rings. The van der Waals surface area contributed by atoms with Gasteiger partial charge in [0.2, 0.25) is 0 Å². The molecule has 0 aliphatic rings. The molecule has 0 atom stereocenters. The highest BCUT2D eigenvalue weighted by atomic mass is 35.5. The fraction of sp³-hybridized carbons (Fsp3) is 0.400. The first kappa shape index (κ1) is 14.1. The highest BCUT2D eigenvalue weighted by Crippen LogP contribution is 2.22. The first-order valence-electron chi connectivity index (χ1n) is 6.78. The van der Waals surface area contributed by atoms with Crippen molar-refractivity contribution >= 4 is 11.6 Å². The van der Waals surface area contributed by atoms with Crippen molar-refractivity contribution in [2.24, 2.45) is 0 Å². The summed E-state index contributed by atoms with van der Waals surface area (Å²) in [5.41, 5.74) is 2.36. The molecule has 102 valence electrons. The molecule has 0 spiro atoms. The minimum atomic E-state index is 0.756. The van der Waals surface area contributed by atoms with Gasteiger partial charge in [0.05, 0.1) is 5.69 Å². The Morgan fingerprint density at radius 2 is 2.16 bits per heavy atom. The van der Waals surface area contributed by atoms with Gasteiger partial charge in [-0.05, 0) is 30.7 Å². The lowest BCUT2D eigenvalue weighted by Gasteiger charge is -2.14. The lowest BCUT2D eigenvalue weighted by atomic mass is 10.1. The fourth-order valence-corrected chi connectivity index (χ4v) is 2.30. The Labute approximate surface area is 119 Å². The molecule has 2 aromatic rings. The number of hydrogen-bond donors (Lipinski definition) is 1. The van der Waals surface area contributed by atoms with Gasteiger partial charge in [-0.2, -0.15) is 0 Å². The molecule has 0 unspecified atom stereocenters. The van der Waals surface area contributed by atoms with Crippen LogP contribution in [-0.2, 0) is 13.0 Å². The topological polar surface area (TPSA) is 29.9 Å².